The number of rotatable bonds is 6. The topological polar surface area (TPSA) is 48.0 Å². The van der Waals surface area contributed by atoms with E-state index in [1.54, 1.807) is 0 Å². The van der Waals surface area contributed by atoms with E-state index in [9.17, 15) is 0 Å². The Kier molecular flexibility index (Phi) is 6.40. The molecule has 0 saturated carbocycles. The van der Waals surface area contributed by atoms with Gasteiger partial charge in [-0.15, -0.1) is 0 Å². The number of pyridine rings is 1. The largest absolute Gasteiger partial charge is 0.354 e. The van der Waals surface area contributed by atoms with Crippen molar-refractivity contribution in [1.29, 1.82) is 0 Å². The third kappa shape index (κ3) is 4.52. The lowest BCUT2D eigenvalue weighted by atomic mass is 9.99. The van der Waals surface area contributed by atoms with Gasteiger partial charge in [-0.3, -0.25) is 4.90 Å². The van der Waals surface area contributed by atoms with Gasteiger partial charge in [0.2, 0.25) is 0 Å². The summed E-state index contributed by atoms with van der Waals surface area (Å²) in [6, 6.07) is 12.6. The van der Waals surface area contributed by atoms with Gasteiger partial charge in [-0.2, -0.15) is 0 Å². The zero-order valence-electron chi connectivity index (χ0n) is 18.0. The van der Waals surface area contributed by atoms with Crippen LogP contribution < -0.4 is 4.90 Å². The van der Waals surface area contributed by atoms with Crippen molar-refractivity contribution in [3.63, 3.8) is 0 Å². The number of hydrogen-bond donors (Lipinski definition) is 1. The Morgan fingerprint density at radius 2 is 1.83 bits per heavy atom. The lowest BCUT2D eigenvalue weighted by Crippen LogP contribution is -2.51. The average Bonchev–Trinajstić information content (AvgIpc) is 3.25. The van der Waals surface area contributed by atoms with E-state index < -0.39 is 0 Å². The van der Waals surface area contributed by atoms with Gasteiger partial charge < -0.3 is 9.88 Å². The van der Waals surface area contributed by atoms with Crippen LogP contribution in [0.15, 0.2) is 48.8 Å². The predicted octanol–water partition coefficient (Wildman–Crippen LogP) is 5.35. The Morgan fingerprint density at radius 1 is 1.03 bits per heavy atom. The maximum Gasteiger partial charge on any atom is 0.137 e. The van der Waals surface area contributed by atoms with Crippen LogP contribution in [0.4, 0.5) is 5.82 Å². The van der Waals surface area contributed by atoms with Gasteiger partial charge in [-0.05, 0) is 36.6 Å². The van der Waals surface area contributed by atoms with E-state index in [-0.39, 0.29) is 0 Å². The van der Waals surface area contributed by atoms with Crippen LogP contribution in [0.5, 0.6) is 0 Å². The molecular formula is C24H30ClN5. The van der Waals surface area contributed by atoms with Crippen molar-refractivity contribution in [2.24, 2.45) is 5.92 Å². The van der Waals surface area contributed by atoms with Crippen LogP contribution in [0.25, 0.3) is 22.6 Å². The van der Waals surface area contributed by atoms with Crippen molar-refractivity contribution < 1.29 is 0 Å². The number of benzene rings is 1. The van der Waals surface area contributed by atoms with Gasteiger partial charge in [0.05, 0.1) is 11.9 Å². The number of H-pyrrole nitrogens is 1. The van der Waals surface area contributed by atoms with Crippen molar-refractivity contribution in [2.45, 2.75) is 33.2 Å². The lowest BCUT2D eigenvalue weighted by molar-refractivity contribution is 0.141. The van der Waals surface area contributed by atoms with Crippen molar-refractivity contribution in [3.8, 4) is 22.6 Å². The summed E-state index contributed by atoms with van der Waals surface area (Å²) in [5.41, 5.74) is 3.03. The Balaban J connectivity index is 1.48. The first-order valence-corrected chi connectivity index (χ1v) is 11.2. The van der Waals surface area contributed by atoms with Gasteiger partial charge >= 0.3 is 0 Å². The number of nitrogens with zero attached hydrogens (tertiary/aromatic N) is 4. The summed E-state index contributed by atoms with van der Waals surface area (Å²) in [6.07, 6.45) is 4.94. The molecule has 0 amide bonds. The first kappa shape index (κ1) is 20.9. The summed E-state index contributed by atoms with van der Waals surface area (Å²) in [4.78, 5) is 17.7. The Bertz CT molecular complexity index is 975. The molecule has 30 heavy (non-hydrogen) atoms. The van der Waals surface area contributed by atoms with Gasteiger partial charge in [0, 0.05) is 54.6 Å². The quantitative estimate of drug-likeness (QED) is 0.580. The molecule has 1 fully saturated rings. The molecule has 1 aliphatic rings. The van der Waals surface area contributed by atoms with Crippen LogP contribution >= 0.6 is 11.6 Å². The standard InChI is InChI=1S/C24H30ClN5/c1-4-22(17(2)3)29-10-12-30(13-11-29)23-15-19(8-9-26-23)24-27-16-21(28-24)18-6-5-7-20(25)14-18/h5-9,14-17,22H,4,10-13H2,1-3H3,(H,27,28). The molecule has 0 spiro atoms. The molecule has 3 aromatic rings. The SMILES string of the molecule is CCC(C(C)C)N1CCN(c2cc(-c3ncc(-c4cccc(Cl)c4)[nH]3)ccn2)CC1. The van der Waals surface area contributed by atoms with E-state index in [4.69, 9.17) is 11.6 Å². The highest BCUT2D eigenvalue weighted by Gasteiger charge is 2.25. The number of aromatic nitrogens is 3. The summed E-state index contributed by atoms with van der Waals surface area (Å²) < 4.78 is 0. The Hall–Kier alpha value is -2.37. The summed E-state index contributed by atoms with van der Waals surface area (Å²) in [6.45, 7) is 11.1. The number of aromatic amines is 1. The van der Waals surface area contributed by atoms with E-state index in [2.05, 4.69) is 51.6 Å². The van der Waals surface area contributed by atoms with Crippen molar-refractivity contribution in [1.82, 2.24) is 19.9 Å². The van der Waals surface area contributed by atoms with Gasteiger partial charge in [-0.25, -0.2) is 9.97 Å². The molecule has 1 atom stereocenters. The fourth-order valence-electron chi connectivity index (χ4n) is 4.44. The Labute approximate surface area is 184 Å². The molecule has 3 heterocycles. The number of hydrogen-bond acceptors (Lipinski definition) is 4. The number of nitrogens with one attached hydrogen (secondary N) is 1. The maximum absolute atomic E-state index is 6.13. The van der Waals surface area contributed by atoms with E-state index in [1.165, 1.54) is 6.42 Å². The second kappa shape index (κ2) is 9.19. The molecule has 2 aromatic heterocycles. The highest BCUT2D eigenvalue weighted by atomic mass is 35.5. The van der Waals surface area contributed by atoms with Crippen molar-refractivity contribution in [3.05, 3.63) is 53.8 Å². The molecule has 1 N–H and O–H groups in total. The minimum absolute atomic E-state index is 0.666. The van der Waals surface area contributed by atoms with Gasteiger partial charge in [0.1, 0.15) is 11.6 Å². The second-order valence-electron chi connectivity index (χ2n) is 8.30. The Morgan fingerprint density at radius 3 is 2.53 bits per heavy atom. The van der Waals surface area contributed by atoms with Crippen LogP contribution in [-0.4, -0.2) is 52.1 Å². The lowest BCUT2D eigenvalue weighted by Gasteiger charge is -2.41. The summed E-state index contributed by atoms with van der Waals surface area (Å²) in [5, 5.41) is 0.719. The molecule has 1 aromatic carbocycles. The maximum atomic E-state index is 6.13. The molecule has 0 radical (unpaired) electrons. The number of halogens is 1. The molecule has 6 heteroatoms. The smallest absolute Gasteiger partial charge is 0.137 e. The van der Waals surface area contributed by atoms with E-state index in [1.807, 2.05) is 42.7 Å². The zero-order valence-corrected chi connectivity index (χ0v) is 18.7. The molecule has 1 aliphatic heterocycles. The molecule has 4 rings (SSSR count). The second-order valence-corrected chi connectivity index (χ2v) is 8.74. The molecule has 1 unspecified atom stereocenters. The molecule has 1 saturated heterocycles. The molecule has 158 valence electrons. The molecule has 0 aliphatic carbocycles. The van der Waals surface area contributed by atoms with Gasteiger partial charge in [0.15, 0.2) is 0 Å². The summed E-state index contributed by atoms with van der Waals surface area (Å²) in [7, 11) is 0. The third-order valence-corrected chi connectivity index (χ3v) is 6.26. The number of anilines is 1. The van der Waals surface area contributed by atoms with Crippen molar-refractivity contribution >= 4 is 17.4 Å². The van der Waals surface area contributed by atoms with Crippen LogP contribution in [0.1, 0.15) is 27.2 Å². The predicted molar refractivity (Wildman–Crippen MR) is 125 cm³/mol. The highest BCUT2D eigenvalue weighted by molar-refractivity contribution is 6.30. The molecule has 0 bridgehead atoms. The van der Waals surface area contributed by atoms with Crippen LogP contribution in [-0.2, 0) is 0 Å². The van der Waals surface area contributed by atoms with Crippen LogP contribution in [0.2, 0.25) is 5.02 Å². The van der Waals surface area contributed by atoms with E-state index in [0.717, 1.165) is 59.7 Å². The minimum atomic E-state index is 0.666. The summed E-state index contributed by atoms with van der Waals surface area (Å²) >= 11 is 6.13. The van der Waals surface area contributed by atoms with E-state index >= 15 is 0 Å². The van der Waals surface area contributed by atoms with Crippen LogP contribution in [0, 0.1) is 5.92 Å². The monoisotopic (exact) mass is 423 g/mol. The van der Waals surface area contributed by atoms with Crippen LogP contribution in [0.3, 0.4) is 0 Å². The number of piperazine rings is 1. The number of imidazole rings is 1. The summed E-state index contributed by atoms with van der Waals surface area (Å²) in [5.74, 6) is 2.55. The van der Waals surface area contributed by atoms with E-state index in [0.29, 0.717) is 12.0 Å². The first-order valence-electron chi connectivity index (χ1n) is 10.8. The molecule has 5 nitrogen and oxygen atoms in total. The first-order chi connectivity index (χ1) is 14.5. The van der Waals surface area contributed by atoms with Gasteiger partial charge in [0.25, 0.3) is 0 Å². The van der Waals surface area contributed by atoms with Gasteiger partial charge in [-0.1, -0.05) is 44.5 Å². The molecular weight excluding hydrogens is 394 g/mol. The zero-order chi connectivity index (χ0) is 21.1. The highest BCUT2D eigenvalue weighted by Crippen LogP contribution is 2.26. The fraction of sp³-hybridized carbons (Fsp3) is 0.417. The van der Waals surface area contributed by atoms with Crippen molar-refractivity contribution in [2.75, 3.05) is 31.1 Å². The average molecular weight is 424 g/mol. The third-order valence-electron chi connectivity index (χ3n) is 6.03. The fourth-order valence-corrected chi connectivity index (χ4v) is 4.63. The minimum Gasteiger partial charge on any atom is -0.354 e. The normalized spacial score (nSPS) is 16.2.